The first-order chi connectivity index (χ1) is 33.4. The fourth-order valence-electron chi connectivity index (χ4n) is 7.67. The zero-order valence-electron chi connectivity index (χ0n) is 45.2. The van der Waals surface area contributed by atoms with E-state index in [0.29, 0.717) is 23.9 Å². The topological polar surface area (TPSA) is 114 Å². The van der Waals surface area contributed by atoms with Gasteiger partial charge in [-0.3, -0.25) is 14.2 Å². The standard InChI is InChI=1S/C59H105N2O7P/c1-7-10-13-16-19-22-25-27-29-30-32-34-37-40-43-46-49-52-59(63)68-57(50-47-44-41-38-35-24-21-18-15-12-9-3)56(55-67-69(64,65)66-54-53-61(4,5)6)60-58(62)51-48-45-42-39-36-33-31-28-26-23-20-17-14-11-8-2/h10,13,16,19,22,25,27,29-30,32,34,37,47,50,56-57H,7-9,11-12,14-15,17-18,20-21,23-24,26,28,31,33,35-36,38-46,48-49,51-55H2,1-6H3,(H-,60,62,64,65)/b13-10-,19-16+,25-22+,29-27-,32-30+,37-34+,50-47+. The van der Waals surface area contributed by atoms with E-state index >= 15 is 0 Å². The normalized spacial score (nSPS) is 14.5. The molecule has 0 rings (SSSR count). The third-order valence-electron chi connectivity index (χ3n) is 12.0. The van der Waals surface area contributed by atoms with Gasteiger partial charge in [-0.25, -0.2) is 0 Å². The molecular formula is C59H105N2O7P. The van der Waals surface area contributed by atoms with Crippen LogP contribution in [0.5, 0.6) is 0 Å². The van der Waals surface area contributed by atoms with Crippen LogP contribution in [0.1, 0.15) is 226 Å². The second kappa shape index (κ2) is 48.8. The van der Waals surface area contributed by atoms with Crippen LogP contribution in [0.3, 0.4) is 0 Å². The Morgan fingerprint density at radius 1 is 0.522 bits per heavy atom. The summed E-state index contributed by atoms with van der Waals surface area (Å²) in [7, 11) is 1.15. The SMILES string of the molecule is CC\C=C/C=C/C=C/C=C\C=C\C=C\CCCCCC(=O)OC(/C=C/CCCCCCCCCCC)C(COP(=O)([O-])OCC[N+](C)(C)C)NC(=O)CCCCCCCCCCCCCCCCC. The lowest BCUT2D eigenvalue weighted by molar-refractivity contribution is -0.870. The van der Waals surface area contributed by atoms with Crippen molar-refractivity contribution in [3.8, 4) is 0 Å². The molecule has 0 saturated heterocycles. The van der Waals surface area contributed by atoms with Crippen molar-refractivity contribution in [1.29, 1.82) is 0 Å². The Balaban J connectivity index is 5.43. The van der Waals surface area contributed by atoms with Crippen LogP contribution in [0.4, 0.5) is 0 Å². The fraction of sp³-hybridized carbons (Fsp3) is 0.729. The van der Waals surface area contributed by atoms with Crippen LogP contribution in [0.15, 0.2) is 85.1 Å². The first-order valence-corrected chi connectivity index (χ1v) is 29.4. The lowest BCUT2D eigenvalue weighted by Crippen LogP contribution is -2.47. The van der Waals surface area contributed by atoms with Crippen molar-refractivity contribution >= 4 is 19.7 Å². The van der Waals surface area contributed by atoms with Crippen molar-refractivity contribution in [2.45, 2.75) is 238 Å². The summed E-state index contributed by atoms with van der Waals surface area (Å²) in [4.78, 5) is 39.8. The Labute approximate surface area is 425 Å². The van der Waals surface area contributed by atoms with Gasteiger partial charge in [0.15, 0.2) is 0 Å². The Morgan fingerprint density at radius 3 is 1.41 bits per heavy atom. The van der Waals surface area contributed by atoms with E-state index in [1.54, 1.807) is 0 Å². The third-order valence-corrected chi connectivity index (χ3v) is 13.0. The zero-order chi connectivity index (χ0) is 50.8. The molecule has 0 aromatic rings. The highest BCUT2D eigenvalue weighted by molar-refractivity contribution is 7.45. The minimum absolute atomic E-state index is 0.0326. The van der Waals surface area contributed by atoms with Crippen molar-refractivity contribution in [2.24, 2.45) is 0 Å². The van der Waals surface area contributed by atoms with Gasteiger partial charge in [-0.05, 0) is 51.0 Å². The Kier molecular flexibility index (Phi) is 46.8. The molecular weight excluding hydrogens is 880 g/mol. The Bertz CT molecular complexity index is 1460. The highest BCUT2D eigenvalue weighted by Crippen LogP contribution is 2.38. The predicted molar refractivity (Wildman–Crippen MR) is 293 cm³/mol. The van der Waals surface area contributed by atoms with E-state index in [2.05, 4.69) is 38.2 Å². The Morgan fingerprint density at radius 2 is 0.928 bits per heavy atom. The minimum atomic E-state index is -4.70. The second-order valence-electron chi connectivity index (χ2n) is 19.9. The summed E-state index contributed by atoms with van der Waals surface area (Å²) in [5, 5.41) is 3.00. The molecule has 0 aliphatic carbocycles. The number of unbranched alkanes of at least 4 members (excludes halogenated alkanes) is 26. The smallest absolute Gasteiger partial charge is 0.306 e. The molecule has 0 radical (unpaired) electrons. The summed E-state index contributed by atoms with van der Waals surface area (Å²) >= 11 is 0. The average Bonchev–Trinajstić information content (AvgIpc) is 3.31. The molecule has 0 heterocycles. The highest BCUT2D eigenvalue weighted by Gasteiger charge is 2.27. The number of allylic oxidation sites excluding steroid dienone is 13. The molecule has 69 heavy (non-hydrogen) atoms. The number of amides is 1. The molecule has 0 spiro atoms. The summed E-state index contributed by atoms with van der Waals surface area (Å²) in [6, 6.07) is -0.907. The maximum atomic E-state index is 13.5. The van der Waals surface area contributed by atoms with Crippen LogP contribution in [-0.4, -0.2) is 69.4 Å². The number of hydrogen-bond donors (Lipinski definition) is 1. The minimum Gasteiger partial charge on any atom is -0.756 e. The molecule has 398 valence electrons. The van der Waals surface area contributed by atoms with E-state index in [9.17, 15) is 19.0 Å². The lowest BCUT2D eigenvalue weighted by atomic mass is 10.0. The number of carbonyl (C=O) groups is 2. The van der Waals surface area contributed by atoms with E-state index in [0.717, 1.165) is 64.2 Å². The molecule has 10 heteroatoms. The largest absolute Gasteiger partial charge is 0.756 e. The van der Waals surface area contributed by atoms with Crippen LogP contribution in [0.25, 0.3) is 0 Å². The number of nitrogens with one attached hydrogen (secondary N) is 1. The first kappa shape index (κ1) is 66.2. The number of ether oxygens (including phenoxy) is 1. The maximum Gasteiger partial charge on any atom is 0.306 e. The number of esters is 1. The molecule has 0 aliphatic heterocycles. The van der Waals surface area contributed by atoms with Gasteiger partial charge in [-0.1, -0.05) is 247 Å². The van der Waals surface area contributed by atoms with Gasteiger partial charge < -0.3 is 28.5 Å². The number of rotatable bonds is 49. The average molecular weight is 985 g/mol. The van der Waals surface area contributed by atoms with Crippen LogP contribution in [0, 0.1) is 0 Å². The summed E-state index contributed by atoms with van der Waals surface area (Å²) in [5.41, 5.74) is 0. The predicted octanol–water partition coefficient (Wildman–Crippen LogP) is 16.0. The van der Waals surface area contributed by atoms with Gasteiger partial charge in [0.05, 0.1) is 33.8 Å². The molecule has 9 nitrogen and oxygen atoms in total. The molecule has 0 bridgehead atoms. The molecule has 3 atom stereocenters. The first-order valence-electron chi connectivity index (χ1n) is 28.0. The number of carbonyl (C=O) groups excluding carboxylic acids is 2. The molecule has 0 saturated carbocycles. The van der Waals surface area contributed by atoms with E-state index < -0.39 is 26.6 Å². The summed E-state index contributed by atoms with van der Waals surface area (Å²) < 4.78 is 30.1. The van der Waals surface area contributed by atoms with Gasteiger partial charge in [0, 0.05) is 12.8 Å². The lowest BCUT2D eigenvalue weighted by Gasteiger charge is -2.30. The molecule has 1 N–H and O–H groups in total. The fourth-order valence-corrected chi connectivity index (χ4v) is 8.39. The van der Waals surface area contributed by atoms with Crippen molar-refractivity contribution in [3.05, 3.63) is 85.1 Å². The van der Waals surface area contributed by atoms with E-state index in [1.807, 2.05) is 94.1 Å². The van der Waals surface area contributed by atoms with Crippen molar-refractivity contribution < 1.29 is 37.3 Å². The van der Waals surface area contributed by atoms with Gasteiger partial charge in [0.1, 0.15) is 19.3 Å². The number of phosphoric ester groups is 1. The van der Waals surface area contributed by atoms with Gasteiger partial charge in [0.2, 0.25) is 5.91 Å². The molecule has 0 fully saturated rings. The molecule has 3 unspecified atom stereocenters. The molecule has 0 aromatic carbocycles. The van der Waals surface area contributed by atoms with Gasteiger partial charge in [-0.2, -0.15) is 0 Å². The number of hydrogen-bond acceptors (Lipinski definition) is 7. The van der Waals surface area contributed by atoms with Crippen molar-refractivity contribution in [3.63, 3.8) is 0 Å². The van der Waals surface area contributed by atoms with E-state index in [-0.39, 0.29) is 24.9 Å². The molecule has 0 aliphatic rings. The molecule has 1 amide bonds. The number of nitrogens with zero attached hydrogens (tertiary/aromatic N) is 1. The van der Waals surface area contributed by atoms with Crippen molar-refractivity contribution in [2.75, 3.05) is 40.9 Å². The van der Waals surface area contributed by atoms with Gasteiger partial charge >= 0.3 is 5.97 Å². The summed E-state index contributed by atoms with van der Waals surface area (Å²) in [6.45, 7) is 6.65. The van der Waals surface area contributed by atoms with Crippen LogP contribution in [0.2, 0.25) is 0 Å². The van der Waals surface area contributed by atoms with Gasteiger partial charge in [-0.15, -0.1) is 0 Å². The number of quaternary nitrogens is 1. The quantitative estimate of drug-likeness (QED) is 0.0161. The van der Waals surface area contributed by atoms with Crippen LogP contribution >= 0.6 is 7.82 Å². The Hall–Kier alpha value is -2.81. The van der Waals surface area contributed by atoms with Crippen molar-refractivity contribution in [1.82, 2.24) is 5.32 Å². The second-order valence-corrected chi connectivity index (χ2v) is 21.3. The molecule has 0 aromatic heterocycles. The van der Waals surface area contributed by atoms with Gasteiger partial charge in [0.25, 0.3) is 7.82 Å². The number of phosphoric acid groups is 1. The third kappa shape index (κ3) is 49.9. The monoisotopic (exact) mass is 985 g/mol. The summed E-state index contributed by atoms with van der Waals surface area (Å²) in [6.07, 6.45) is 62.6. The van der Waals surface area contributed by atoms with E-state index in [1.165, 1.54) is 122 Å². The maximum absolute atomic E-state index is 13.5. The van der Waals surface area contributed by atoms with Crippen LogP contribution in [-0.2, 0) is 27.9 Å². The van der Waals surface area contributed by atoms with E-state index in [4.69, 9.17) is 13.8 Å². The van der Waals surface area contributed by atoms with Crippen LogP contribution < -0.4 is 10.2 Å². The number of likely N-dealkylation sites (N-methyl/N-ethyl adjacent to an activating group) is 1. The zero-order valence-corrected chi connectivity index (χ0v) is 46.1. The summed E-state index contributed by atoms with van der Waals surface area (Å²) in [5.74, 6) is -0.594. The highest BCUT2D eigenvalue weighted by atomic mass is 31.2.